The third kappa shape index (κ3) is 6.91. The molecule has 0 spiro atoms. The Kier molecular flexibility index (Phi) is 8.20. The number of aromatic nitrogens is 3. The number of hydrogen-bond acceptors (Lipinski definition) is 4. The van der Waals surface area contributed by atoms with Crippen molar-refractivity contribution in [3.8, 4) is 0 Å². The van der Waals surface area contributed by atoms with E-state index in [0.717, 1.165) is 55.9 Å². The van der Waals surface area contributed by atoms with E-state index < -0.39 is 0 Å². The van der Waals surface area contributed by atoms with E-state index in [0.29, 0.717) is 31.8 Å². The molecule has 1 saturated heterocycles. The van der Waals surface area contributed by atoms with Gasteiger partial charge in [-0.05, 0) is 57.2 Å². The summed E-state index contributed by atoms with van der Waals surface area (Å²) in [5, 5.41) is 4.44. The van der Waals surface area contributed by atoms with E-state index in [1.807, 2.05) is 54.7 Å². The summed E-state index contributed by atoms with van der Waals surface area (Å²) < 4.78 is 1.91. The standard InChI is InChI=1S/C24H35N5O2/c1-19-17-20(2)29(26-19)16-12-24(31)28-14-6-7-21(18-28)9-10-23(30)27(3)15-11-22-8-4-5-13-25-22/h4-5,8,13,17,21H,6-7,9-12,14-16,18H2,1-3H3/t21-/m0/s1. The van der Waals surface area contributed by atoms with E-state index in [4.69, 9.17) is 0 Å². The van der Waals surface area contributed by atoms with Crippen LogP contribution in [-0.2, 0) is 22.6 Å². The van der Waals surface area contributed by atoms with Gasteiger partial charge in [0.2, 0.25) is 11.8 Å². The molecule has 168 valence electrons. The van der Waals surface area contributed by atoms with Crippen molar-refractivity contribution in [3.63, 3.8) is 0 Å². The molecule has 2 aromatic heterocycles. The number of hydrogen-bond donors (Lipinski definition) is 0. The summed E-state index contributed by atoms with van der Waals surface area (Å²) in [7, 11) is 1.86. The average molecular weight is 426 g/mol. The topological polar surface area (TPSA) is 71.3 Å². The Morgan fingerprint density at radius 1 is 1.23 bits per heavy atom. The second-order valence-corrected chi connectivity index (χ2v) is 8.67. The van der Waals surface area contributed by atoms with Crippen LogP contribution in [0.15, 0.2) is 30.5 Å². The lowest BCUT2D eigenvalue weighted by atomic mass is 9.93. The van der Waals surface area contributed by atoms with Crippen LogP contribution in [0.25, 0.3) is 0 Å². The van der Waals surface area contributed by atoms with Crippen LogP contribution in [0, 0.1) is 19.8 Å². The molecule has 7 nitrogen and oxygen atoms in total. The van der Waals surface area contributed by atoms with Crippen LogP contribution in [0.2, 0.25) is 0 Å². The first-order valence-corrected chi connectivity index (χ1v) is 11.3. The van der Waals surface area contributed by atoms with E-state index in [-0.39, 0.29) is 11.8 Å². The number of aryl methyl sites for hydroxylation is 3. The lowest BCUT2D eigenvalue weighted by Crippen LogP contribution is -2.40. The second-order valence-electron chi connectivity index (χ2n) is 8.67. The molecular weight excluding hydrogens is 390 g/mol. The van der Waals surface area contributed by atoms with Crippen molar-refractivity contribution in [3.05, 3.63) is 47.5 Å². The van der Waals surface area contributed by atoms with E-state index in [2.05, 4.69) is 10.1 Å². The molecule has 0 radical (unpaired) electrons. The van der Waals surface area contributed by atoms with Gasteiger partial charge in [0.1, 0.15) is 0 Å². The van der Waals surface area contributed by atoms with Crippen molar-refractivity contribution in [2.24, 2.45) is 5.92 Å². The quantitative estimate of drug-likeness (QED) is 0.619. The van der Waals surface area contributed by atoms with Gasteiger partial charge >= 0.3 is 0 Å². The van der Waals surface area contributed by atoms with Gasteiger partial charge in [-0.25, -0.2) is 0 Å². The fourth-order valence-corrected chi connectivity index (χ4v) is 4.26. The van der Waals surface area contributed by atoms with E-state index in [9.17, 15) is 9.59 Å². The number of nitrogens with zero attached hydrogens (tertiary/aromatic N) is 5. The van der Waals surface area contributed by atoms with Crippen molar-refractivity contribution in [1.82, 2.24) is 24.6 Å². The summed E-state index contributed by atoms with van der Waals surface area (Å²) in [4.78, 5) is 33.3. The van der Waals surface area contributed by atoms with Gasteiger partial charge in [-0.2, -0.15) is 5.10 Å². The third-order valence-electron chi connectivity index (χ3n) is 6.13. The van der Waals surface area contributed by atoms with Crippen LogP contribution in [-0.4, -0.2) is 63.1 Å². The molecule has 1 fully saturated rings. The highest BCUT2D eigenvalue weighted by molar-refractivity contribution is 5.76. The maximum atomic E-state index is 12.7. The number of likely N-dealkylation sites (N-methyl/N-ethyl adjacent to an activating group) is 1. The maximum Gasteiger partial charge on any atom is 0.224 e. The van der Waals surface area contributed by atoms with E-state index in [1.165, 1.54) is 0 Å². The van der Waals surface area contributed by atoms with Crippen LogP contribution in [0.4, 0.5) is 0 Å². The number of piperidine rings is 1. The molecule has 0 saturated carbocycles. The third-order valence-corrected chi connectivity index (χ3v) is 6.13. The fourth-order valence-electron chi connectivity index (χ4n) is 4.26. The largest absolute Gasteiger partial charge is 0.345 e. The smallest absolute Gasteiger partial charge is 0.224 e. The average Bonchev–Trinajstić information content (AvgIpc) is 3.11. The molecule has 7 heteroatoms. The molecule has 1 atom stereocenters. The molecule has 0 bridgehead atoms. The molecule has 3 heterocycles. The van der Waals surface area contributed by atoms with Gasteiger partial charge in [0.15, 0.2) is 0 Å². The Balaban J connectivity index is 1.39. The Hall–Kier alpha value is -2.70. The van der Waals surface area contributed by atoms with Crippen molar-refractivity contribution in [2.45, 2.75) is 58.9 Å². The van der Waals surface area contributed by atoms with Gasteiger partial charge in [0.05, 0.1) is 5.69 Å². The first-order valence-electron chi connectivity index (χ1n) is 11.3. The number of rotatable bonds is 9. The van der Waals surface area contributed by atoms with Crippen LogP contribution < -0.4 is 0 Å². The van der Waals surface area contributed by atoms with Gasteiger partial charge in [-0.1, -0.05) is 6.07 Å². The Morgan fingerprint density at radius 2 is 2.06 bits per heavy atom. The lowest BCUT2D eigenvalue weighted by Gasteiger charge is -2.33. The zero-order valence-corrected chi connectivity index (χ0v) is 19.1. The maximum absolute atomic E-state index is 12.7. The highest BCUT2D eigenvalue weighted by Crippen LogP contribution is 2.22. The van der Waals surface area contributed by atoms with Crippen molar-refractivity contribution in [2.75, 3.05) is 26.7 Å². The molecule has 0 aliphatic carbocycles. The Labute approximate surface area is 185 Å². The first kappa shape index (κ1) is 23.0. The highest BCUT2D eigenvalue weighted by Gasteiger charge is 2.24. The molecule has 3 rings (SSSR count). The minimum atomic E-state index is 0.170. The predicted octanol–water partition coefficient (Wildman–Crippen LogP) is 3.00. The van der Waals surface area contributed by atoms with Crippen LogP contribution >= 0.6 is 0 Å². The molecule has 0 aromatic carbocycles. The number of carbonyl (C=O) groups is 2. The first-order chi connectivity index (χ1) is 14.9. The minimum Gasteiger partial charge on any atom is -0.345 e. The number of pyridine rings is 1. The Bertz CT molecular complexity index is 864. The van der Waals surface area contributed by atoms with Gasteiger partial charge in [0.25, 0.3) is 0 Å². The summed E-state index contributed by atoms with van der Waals surface area (Å²) in [6.07, 6.45) is 6.51. The van der Waals surface area contributed by atoms with Crippen LogP contribution in [0.1, 0.15) is 49.2 Å². The molecule has 2 amide bonds. The fraction of sp³-hybridized carbons (Fsp3) is 0.583. The number of likely N-dealkylation sites (tertiary alicyclic amines) is 1. The normalized spacial score (nSPS) is 16.4. The highest BCUT2D eigenvalue weighted by atomic mass is 16.2. The van der Waals surface area contributed by atoms with Crippen LogP contribution in [0.3, 0.4) is 0 Å². The lowest BCUT2D eigenvalue weighted by molar-refractivity contribution is -0.133. The summed E-state index contributed by atoms with van der Waals surface area (Å²) in [5.74, 6) is 0.763. The summed E-state index contributed by atoms with van der Waals surface area (Å²) in [6, 6.07) is 7.89. The zero-order chi connectivity index (χ0) is 22.2. The van der Waals surface area contributed by atoms with E-state index in [1.54, 1.807) is 11.1 Å². The minimum absolute atomic E-state index is 0.170. The summed E-state index contributed by atoms with van der Waals surface area (Å²) in [5.41, 5.74) is 3.08. The van der Waals surface area contributed by atoms with E-state index >= 15 is 0 Å². The molecule has 1 aliphatic rings. The molecular formula is C24H35N5O2. The number of amides is 2. The van der Waals surface area contributed by atoms with Gasteiger partial charge in [0, 0.05) is 70.1 Å². The molecule has 0 N–H and O–H groups in total. The van der Waals surface area contributed by atoms with Gasteiger partial charge in [-0.15, -0.1) is 0 Å². The second kappa shape index (κ2) is 11.1. The van der Waals surface area contributed by atoms with Crippen molar-refractivity contribution in [1.29, 1.82) is 0 Å². The van der Waals surface area contributed by atoms with Gasteiger partial charge in [-0.3, -0.25) is 19.3 Å². The van der Waals surface area contributed by atoms with Gasteiger partial charge < -0.3 is 9.80 Å². The monoisotopic (exact) mass is 425 g/mol. The zero-order valence-electron chi connectivity index (χ0n) is 19.1. The van der Waals surface area contributed by atoms with Crippen molar-refractivity contribution >= 4 is 11.8 Å². The molecule has 0 unspecified atom stereocenters. The number of carbonyl (C=O) groups excluding carboxylic acids is 2. The van der Waals surface area contributed by atoms with Crippen molar-refractivity contribution < 1.29 is 9.59 Å². The van der Waals surface area contributed by atoms with Crippen LogP contribution in [0.5, 0.6) is 0 Å². The molecule has 2 aromatic rings. The SMILES string of the molecule is Cc1cc(C)n(CCC(=O)N2CCC[C@@H](CCC(=O)N(C)CCc3ccccn3)C2)n1. The summed E-state index contributed by atoms with van der Waals surface area (Å²) in [6.45, 7) is 6.88. The molecule has 1 aliphatic heterocycles. The predicted molar refractivity (Wildman–Crippen MR) is 120 cm³/mol. The molecule has 31 heavy (non-hydrogen) atoms. The Morgan fingerprint density at radius 3 is 2.77 bits per heavy atom. The summed E-state index contributed by atoms with van der Waals surface area (Å²) >= 11 is 0.